The van der Waals surface area contributed by atoms with Gasteiger partial charge in [0.25, 0.3) is 0 Å². The minimum Gasteiger partial charge on any atom is -0.310 e. The lowest BCUT2D eigenvalue weighted by Gasteiger charge is -2.26. The molecular formula is C33H22F2N2. The Hall–Kier alpha value is -4.83. The second kappa shape index (κ2) is 9.67. The average molecular weight is 485 g/mol. The summed E-state index contributed by atoms with van der Waals surface area (Å²) in [5.41, 5.74) is 4.64. The highest BCUT2D eigenvalue weighted by Gasteiger charge is 2.16. The van der Waals surface area contributed by atoms with E-state index in [0.29, 0.717) is 11.3 Å². The highest BCUT2D eigenvalue weighted by Crippen LogP contribution is 2.37. The van der Waals surface area contributed by atoms with E-state index in [9.17, 15) is 0 Å². The topological polar surface area (TPSA) is 16.1 Å². The van der Waals surface area contributed by atoms with Crippen molar-refractivity contribution in [1.82, 2.24) is 4.98 Å². The van der Waals surface area contributed by atoms with Crippen LogP contribution in [0.25, 0.3) is 33.8 Å². The second-order valence-electron chi connectivity index (χ2n) is 8.83. The number of nitrogens with zero attached hydrogens (tertiary/aromatic N) is 2. The molecule has 2 nitrogen and oxygen atoms in total. The van der Waals surface area contributed by atoms with Crippen LogP contribution in [0, 0.1) is 11.6 Å². The lowest BCUT2D eigenvalue weighted by molar-refractivity contribution is 0.628. The Morgan fingerprint density at radius 3 is 1.86 bits per heavy atom. The van der Waals surface area contributed by atoms with Crippen LogP contribution < -0.4 is 4.90 Å². The van der Waals surface area contributed by atoms with Gasteiger partial charge in [0.1, 0.15) is 11.6 Å². The maximum absolute atomic E-state index is 15.5. The van der Waals surface area contributed by atoms with Crippen LogP contribution in [0.5, 0.6) is 0 Å². The molecule has 0 atom stereocenters. The van der Waals surface area contributed by atoms with E-state index < -0.39 is 11.6 Å². The first-order valence-corrected chi connectivity index (χ1v) is 12.0. The molecular weight excluding hydrogens is 462 g/mol. The van der Waals surface area contributed by atoms with Crippen LogP contribution >= 0.6 is 0 Å². The summed E-state index contributed by atoms with van der Waals surface area (Å²) in [5.74, 6) is -0.957. The molecule has 4 heteroatoms. The molecule has 0 spiro atoms. The average Bonchev–Trinajstić information content (AvgIpc) is 2.94. The summed E-state index contributed by atoms with van der Waals surface area (Å²) in [5, 5.41) is 1.49. The molecule has 0 aliphatic carbocycles. The molecule has 0 unspecified atom stereocenters. The Kier molecular flexibility index (Phi) is 5.91. The molecule has 0 saturated carbocycles. The minimum atomic E-state index is -0.481. The first-order valence-electron chi connectivity index (χ1n) is 12.0. The number of fused-ring (bicyclic) bond motifs is 2. The summed E-state index contributed by atoms with van der Waals surface area (Å²) >= 11 is 0. The molecule has 178 valence electrons. The summed E-state index contributed by atoms with van der Waals surface area (Å²) in [6, 6.07) is 35.5. The smallest absolute Gasteiger partial charge is 0.133 e. The molecule has 5 aromatic carbocycles. The molecule has 0 fully saturated rings. The fourth-order valence-electron chi connectivity index (χ4n) is 4.58. The van der Waals surface area contributed by atoms with Crippen LogP contribution in [0.4, 0.5) is 25.8 Å². The Labute approximate surface area is 213 Å². The Morgan fingerprint density at radius 1 is 0.541 bits per heavy atom. The largest absolute Gasteiger partial charge is 0.310 e. The SMILES string of the molecule is Fc1cc(N(c2ccccc2)c2ccccc2)cc2c(F)cc(C=Cc3cnc4ccccc4c3)cc12. The maximum atomic E-state index is 15.5. The molecule has 0 amide bonds. The Balaban J connectivity index is 1.40. The van der Waals surface area contributed by atoms with Crippen LogP contribution in [-0.2, 0) is 0 Å². The molecule has 0 aliphatic heterocycles. The Bertz CT molecular complexity index is 1710. The second-order valence-corrected chi connectivity index (χ2v) is 8.83. The summed E-state index contributed by atoms with van der Waals surface area (Å²) in [6.07, 6.45) is 5.41. The molecule has 0 aliphatic rings. The van der Waals surface area contributed by atoms with Crippen molar-refractivity contribution in [3.05, 3.63) is 144 Å². The van der Waals surface area contributed by atoms with Gasteiger partial charge in [-0.2, -0.15) is 0 Å². The zero-order valence-electron chi connectivity index (χ0n) is 19.9. The van der Waals surface area contributed by atoms with Gasteiger partial charge in [0.05, 0.1) is 5.52 Å². The van der Waals surface area contributed by atoms with E-state index in [1.807, 2.05) is 102 Å². The third-order valence-electron chi connectivity index (χ3n) is 6.34. The number of benzene rings is 5. The van der Waals surface area contributed by atoms with Crippen molar-refractivity contribution in [3.63, 3.8) is 0 Å². The summed E-state index contributed by atoms with van der Waals surface area (Å²) in [7, 11) is 0. The molecule has 6 aromatic rings. The van der Waals surface area contributed by atoms with Crippen LogP contribution in [0.1, 0.15) is 11.1 Å². The number of hydrogen-bond acceptors (Lipinski definition) is 2. The van der Waals surface area contributed by atoms with Gasteiger partial charge in [0.15, 0.2) is 0 Å². The predicted octanol–water partition coefficient (Wildman–Crippen LogP) is 9.31. The van der Waals surface area contributed by atoms with Gasteiger partial charge in [-0.3, -0.25) is 4.98 Å². The van der Waals surface area contributed by atoms with Gasteiger partial charge in [-0.25, -0.2) is 8.78 Å². The normalized spacial score (nSPS) is 11.4. The van der Waals surface area contributed by atoms with Crippen molar-refractivity contribution in [2.45, 2.75) is 0 Å². The van der Waals surface area contributed by atoms with Gasteiger partial charge in [-0.1, -0.05) is 66.7 Å². The monoisotopic (exact) mass is 484 g/mol. The lowest BCUT2D eigenvalue weighted by atomic mass is 10.0. The number of aromatic nitrogens is 1. The lowest BCUT2D eigenvalue weighted by Crippen LogP contribution is -2.10. The maximum Gasteiger partial charge on any atom is 0.133 e. The van der Waals surface area contributed by atoms with E-state index in [4.69, 9.17) is 0 Å². The number of pyridine rings is 1. The van der Waals surface area contributed by atoms with Crippen molar-refractivity contribution in [1.29, 1.82) is 0 Å². The third kappa shape index (κ3) is 4.57. The van der Waals surface area contributed by atoms with Crippen LogP contribution in [0.15, 0.2) is 121 Å². The first-order chi connectivity index (χ1) is 18.2. The van der Waals surface area contributed by atoms with Gasteiger partial charge in [0.2, 0.25) is 0 Å². The highest BCUT2D eigenvalue weighted by molar-refractivity contribution is 5.92. The van der Waals surface area contributed by atoms with Gasteiger partial charge in [0, 0.05) is 39.4 Å². The zero-order chi connectivity index (χ0) is 25.2. The van der Waals surface area contributed by atoms with Gasteiger partial charge >= 0.3 is 0 Å². The number of hydrogen-bond donors (Lipinski definition) is 0. The van der Waals surface area contributed by atoms with Crippen LogP contribution in [0.3, 0.4) is 0 Å². The first kappa shape index (κ1) is 22.6. The summed E-state index contributed by atoms with van der Waals surface area (Å²) < 4.78 is 30.9. The Morgan fingerprint density at radius 2 is 1.14 bits per heavy atom. The molecule has 1 aromatic heterocycles. The predicted molar refractivity (Wildman–Crippen MR) is 149 cm³/mol. The van der Waals surface area contributed by atoms with E-state index in [0.717, 1.165) is 27.8 Å². The highest BCUT2D eigenvalue weighted by atomic mass is 19.1. The standard InChI is InChI=1S/C33H22F2N2/c34-31-19-23(15-16-24-17-25-9-7-8-14-33(25)36-22-24)18-29-30(31)20-28(21-32(29)35)37(26-10-3-1-4-11-26)27-12-5-2-6-13-27/h1-22H. The van der Waals surface area contributed by atoms with Crippen molar-refractivity contribution >= 4 is 50.9 Å². The molecule has 0 N–H and O–H groups in total. The van der Waals surface area contributed by atoms with Crippen molar-refractivity contribution in [3.8, 4) is 0 Å². The zero-order valence-corrected chi connectivity index (χ0v) is 19.9. The fourth-order valence-corrected chi connectivity index (χ4v) is 4.58. The van der Waals surface area contributed by atoms with E-state index in [2.05, 4.69) is 4.98 Å². The van der Waals surface area contributed by atoms with Crippen molar-refractivity contribution in [2.75, 3.05) is 4.90 Å². The van der Waals surface area contributed by atoms with Gasteiger partial charge in [-0.15, -0.1) is 0 Å². The number of para-hydroxylation sites is 3. The van der Waals surface area contributed by atoms with Crippen molar-refractivity contribution < 1.29 is 8.78 Å². The molecule has 0 radical (unpaired) electrons. The fraction of sp³-hybridized carbons (Fsp3) is 0. The number of halogens is 2. The number of rotatable bonds is 5. The number of anilines is 3. The van der Waals surface area contributed by atoms with E-state index >= 15 is 8.78 Å². The minimum absolute atomic E-state index is 0.233. The van der Waals surface area contributed by atoms with E-state index in [1.54, 1.807) is 24.4 Å². The van der Waals surface area contributed by atoms with E-state index in [-0.39, 0.29) is 10.8 Å². The van der Waals surface area contributed by atoms with Gasteiger partial charge in [-0.05, 0) is 71.8 Å². The van der Waals surface area contributed by atoms with Crippen LogP contribution in [0.2, 0.25) is 0 Å². The van der Waals surface area contributed by atoms with Crippen LogP contribution in [-0.4, -0.2) is 4.98 Å². The summed E-state index contributed by atoms with van der Waals surface area (Å²) in [4.78, 5) is 6.38. The molecule has 0 bridgehead atoms. The summed E-state index contributed by atoms with van der Waals surface area (Å²) in [6.45, 7) is 0. The molecule has 6 rings (SSSR count). The molecule has 37 heavy (non-hydrogen) atoms. The van der Waals surface area contributed by atoms with Crippen molar-refractivity contribution in [2.24, 2.45) is 0 Å². The molecule has 1 heterocycles. The molecule has 0 saturated heterocycles. The van der Waals surface area contributed by atoms with Gasteiger partial charge < -0.3 is 4.90 Å². The third-order valence-corrected chi connectivity index (χ3v) is 6.34. The quantitative estimate of drug-likeness (QED) is 0.242. The van der Waals surface area contributed by atoms with E-state index in [1.165, 1.54) is 12.1 Å².